The van der Waals surface area contributed by atoms with Crippen molar-refractivity contribution in [3.8, 4) is 17.1 Å². The van der Waals surface area contributed by atoms with E-state index in [-0.39, 0.29) is 0 Å². The number of aromatic nitrogens is 8. The Hall–Kier alpha value is -3.13. The maximum absolute atomic E-state index is 6.00. The van der Waals surface area contributed by atoms with E-state index in [4.69, 9.17) is 11.6 Å². The highest BCUT2D eigenvalue weighted by atomic mass is 35.5. The standard InChI is InChI=1S/C17H15ClN8/c1-25-16(21-22-17(25)12-7-9-19-10-8-12)6-5-15-20-24-26(23-15)14-4-2-3-13(18)11-14/h2-4,7-11H,5-6H2,1H3. The third-order valence-electron chi connectivity index (χ3n) is 3.97. The van der Waals surface area contributed by atoms with E-state index in [9.17, 15) is 0 Å². The fourth-order valence-corrected chi connectivity index (χ4v) is 2.79. The van der Waals surface area contributed by atoms with Crippen molar-refractivity contribution < 1.29 is 0 Å². The zero-order valence-electron chi connectivity index (χ0n) is 14.0. The molecule has 3 heterocycles. The van der Waals surface area contributed by atoms with Gasteiger partial charge in [0.15, 0.2) is 11.6 Å². The number of halogens is 1. The van der Waals surface area contributed by atoms with Crippen LogP contribution in [0.2, 0.25) is 5.02 Å². The molecule has 0 radical (unpaired) electrons. The van der Waals surface area contributed by atoms with Gasteiger partial charge in [-0.15, -0.1) is 25.2 Å². The van der Waals surface area contributed by atoms with Crippen molar-refractivity contribution in [3.63, 3.8) is 0 Å². The zero-order chi connectivity index (χ0) is 17.9. The molecule has 0 unspecified atom stereocenters. The Balaban J connectivity index is 1.48. The van der Waals surface area contributed by atoms with E-state index in [1.807, 2.05) is 35.9 Å². The highest BCUT2D eigenvalue weighted by Gasteiger charge is 2.12. The molecule has 4 rings (SSSR count). The number of pyridine rings is 1. The largest absolute Gasteiger partial charge is 0.314 e. The van der Waals surface area contributed by atoms with Crippen molar-refractivity contribution in [1.29, 1.82) is 0 Å². The van der Waals surface area contributed by atoms with Crippen LogP contribution in [0.5, 0.6) is 0 Å². The third kappa shape index (κ3) is 3.31. The molecule has 0 aliphatic carbocycles. The Labute approximate surface area is 154 Å². The summed E-state index contributed by atoms with van der Waals surface area (Å²) in [6.07, 6.45) is 4.75. The molecule has 0 saturated carbocycles. The van der Waals surface area contributed by atoms with E-state index in [1.165, 1.54) is 4.80 Å². The molecule has 9 heteroatoms. The van der Waals surface area contributed by atoms with Crippen LogP contribution in [0.3, 0.4) is 0 Å². The lowest BCUT2D eigenvalue weighted by atomic mass is 10.2. The van der Waals surface area contributed by atoms with Crippen LogP contribution in [0.4, 0.5) is 0 Å². The van der Waals surface area contributed by atoms with E-state index >= 15 is 0 Å². The first-order valence-electron chi connectivity index (χ1n) is 8.04. The minimum Gasteiger partial charge on any atom is -0.314 e. The van der Waals surface area contributed by atoms with Crippen LogP contribution in [0.25, 0.3) is 17.1 Å². The molecule has 1 aromatic carbocycles. The Kier molecular flexibility index (Phi) is 4.40. The Morgan fingerprint density at radius 2 is 1.85 bits per heavy atom. The molecule has 4 aromatic rings. The molecule has 0 N–H and O–H groups in total. The van der Waals surface area contributed by atoms with Crippen molar-refractivity contribution in [2.45, 2.75) is 12.8 Å². The summed E-state index contributed by atoms with van der Waals surface area (Å²) < 4.78 is 1.97. The van der Waals surface area contributed by atoms with Gasteiger partial charge in [0.2, 0.25) is 0 Å². The molecule has 0 atom stereocenters. The van der Waals surface area contributed by atoms with Gasteiger partial charge in [-0.25, -0.2) is 0 Å². The van der Waals surface area contributed by atoms with E-state index in [1.54, 1.807) is 24.5 Å². The fourth-order valence-electron chi connectivity index (χ4n) is 2.61. The molecule has 0 bridgehead atoms. The second-order valence-electron chi connectivity index (χ2n) is 5.71. The van der Waals surface area contributed by atoms with Crippen LogP contribution in [0.15, 0.2) is 48.8 Å². The summed E-state index contributed by atoms with van der Waals surface area (Å²) in [7, 11) is 1.95. The van der Waals surface area contributed by atoms with Gasteiger partial charge in [0.05, 0.1) is 5.69 Å². The van der Waals surface area contributed by atoms with E-state index in [2.05, 4.69) is 30.6 Å². The van der Waals surface area contributed by atoms with Gasteiger partial charge in [-0.1, -0.05) is 17.7 Å². The van der Waals surface area contributed by atoms with Gasteiger partial charge in [-0.2, -0.15) is 0 Å². The number of hydrogen-bond acceptors (Lipinski definition) is 6. The minimum atomic E-state index is 0.614. The van der Waals surface area contributed by atoms with Crippen LogP contribution >= 0.6 is 11.6 Å². The van der Waals surface area contributed by atoms with Crippen LogP contribution in [-0.2, 0) is 19.9 Å². The topological polar surface area (TPSA) is 87.2 Å². The molecule has 0 amide bonds. The number of rotatable bonds is 5. The number of hydrogen-bond donors (Lipinski definition) is 0. The fraction of sp³-hybridized carbons (Fsp3) is 0.176. The maximum atomic E-state index is 6.00. The average molecular weight is 367 g/mol. The summed E-state index contributed by atoms with van der Waals surface area (Å²) in [5.41, 5.74) is 1.75. The van der Waals surface area contributed by atoms with Gasteiger partial charge in [-0.3, -0.25) is 4.98 Å². The number of benzene rings is 1. The quantitative estimate of drug-likeness (QED) is 0.538. The summed E-state index contributed by atoms with van der Waals surface area (Å²) in [5.74, 6) is 2.30. The van der Waals surface area contributed by atoms with Gasteiger partial charge in [0.25, 0.3) is 0 Å². The van der Waals surface area contributed by atoms with Crippen LogP contribution < -0.4 is 0 Å². The smallest absolute Gasteiger partial charge is 0.175 e. The van der Waals surface area contributed by atoms with Gasteiger partial charge >= 0.3 is 0 Å². The molecular weight excluding hydrogens is 352 g/mol. The van der Waals surface area contributed by atoms with E-state index < -0.39 is 0 Å². The average Bonchev–Trinajstić information content (AvgIpc) is 3.28. The normalized spacial score (nSPS) is 11.0. The van der Waals surface area contributed by atoms with Crippen LogP contribution in [0, 0.1) is 0 Å². The molecule has 130 valence electrons. The first-order chi connectivity index (χ1) is 12.7. The lowest BCUT2D eigenvalue weighted by molar-refractivity contribution is 0.713. The molecule has 0 aliphatic heterocycles. The van der Waals surface area contributed by atoms with Crippen LogP contribution in [0.1, 0.15) is 11.6 Å². The van der Waals surface area contributed by atoms with Crippen molar-refractivity contribution in [3.05, 3.63) is 65.5 Å². The lowest BCUT2D eigenvalue weighted by Gasteiger charge is -2.02. The SMILES string of the molecule is Cn1c(CCc2nnn(-c3cccc(Cl)c3)n2)nnc1-c1ccncc1. The van der Waals surface area contributed by atoms with Crippen molar-refractivity contribution in [1.82, 2.24) is 40.0 Å². The Morgan fingerprint density at radius 3 is 2.65 bits per heavy atom. The Bertz CT molecular complexity index is 1020. The van der Waals surface area contributed by atoms with Gasteiger partial charge < -0.3 is 4.57 Å². The number of tetrazole rings is 1. The van der Waals surface area contributed by atoms with Gasteiger partial charge in [0, 0.05) is 42.9 Å². The van der Waals surface area contributed by atoms with E-state index in [0.29, 0.717) is 23.7 Å². The molecule has 3 aromatic heterocycles. The number of aryl methyl sites for hydroxylation is 2. The summed E-state index contributed by atoms with van der Waals surface area (Å²) in [6, 6.07) is 11.1. The lowest BCUT2D eigenvalue weighted by Crippen LogP contribution is -2.03. The maximum Gasteiger partial charge on any atom is 0.175 e. The highest BCUT2D eigenvalue weighted by Crippen LogP contribution is 2.17. The molecule has 0 fully saturated rings. The third-order valence-corrected chi connectivity index (χ3v) is 4.21. The predicted octanol–water partition coefficient (Wildman–Crippen LogP) is 2.29. The van der Waals surface area contributed by atoms with Crippen molar-refractivity contribution in [2.75, 3.05) is 0 Å². The van der Waals surface area contributed by atoms with Gasteiger partial charge in [0.1, 0.15) is 5.82 Å². The zero-order valence-corrected chi connectivity index (χ0v) is 14.7. The molecule has 0 saturated heterocycles. The first-order valence-corrected chi connectivity index (χ1v) is 8.42. The summed E-state index contributed by atoms with van der Waals surface area (Å²) in [4.78, 5) is 5.50. The molecule has 26 heavy (non-hydrogen) atoms. The monoisotopic (exact) mass is 366 g/mol. The van der Waals surface area contributed by atoms with E-state index in [0.717, 1.165) is 22.9 Å². The summed E-state index contributed by atoms with van der Waals surface area (Å²) in [6.45, 7) is 0. The Morgan fingerprint density at radius 1 is 1.00 bits per heavy atom. The highest BCUT2D eigenvalue weighted by molar-refractivity contribution is 6.30. The molecule has 8 nitrogen and oxygen atoms in total. The van der Waals surface area contributed by atoms with Gasteiger partial charge in [-0.05, 0) is 35.5 Å². The molecule has 0 aliphatic rings. The van der Waals surface area contributed by atoms with Crippen molar-refractivity contribution >= 4 is 11.6 Å². The minimum absolute atomic E-state index is 0.614. The second kappa shape index (κ2) is 7.01. The number of nitrogens with zero attached hydrogens (tertiary/aromatic N) is 8. The molecular formula is C17H15ClN8. The first kappa shape index (κ1) is 16.3. The summed E-state index contributed by atoms with van der Waals surface area (Å²) >= 11 is 6.00. The predicted molar refractivity (Wildman–Crippen MR) is 95.8 cm³/mol. The second-order valence-corrected chi connectivity index (χ2v) is 6.15. The van der Waals surface area contributed by atoms with Crippen LogP contribution in [-0.4, -0.2) is 40.0 Å². The van der Waals surface area contributed by atoms with Crippen molar-refractivity contribution in [2.24, 2.45) is 7.05 Å². The molecule has 0 spiro atoms. The summed E-state index contributed by atoms with van der Waals surface area (Å²) in [5, 5.41) is 21.8.